The van der Waals surface area contributed by atoms with Crippen LogP contribution in [0.25, 0.3) is 0 Å². The molecule has 0 N–H and O–H groups in total. The number of terminal acetylenes is 3. The first-order chi connectivity index (χ1) is 5.81. The molecule has 0 heteroatoms. The Balaban J connectivity index is 3.37. The van der Waals surface area contributed by atoms with Gasteiger partial charge in [-0.25, -0.2) is 0 Å². The van der Waals surface area contributed by atoms with Crippen LogP contribution in [0.15, 0.2) is 18.2 Å². The van der Waals surface area contributed by atoms with Gasteiger partial charge in [-0.3, -0.25) is 0 Å². The topological polar surface area (TPSA) is 0 Å². The van der Waals surface area contributed by atoms with Crippen LogP contribution < -0.4 is 0 Å². The fraction of sp³-hybridized carbons (Fsp3) is 0. The van der Waals surface area contributed by atoms with Gasteiger partial charge in [0.05, 0.1) is 0 Å². The summed E-state index contributed by atoms with van der Waals surface area (Å²) in [6.07, 6.45) is 15.7. The van der Waals surface area contributed by atoms with Crippen molar-refractivity contribution in [1.29, 1.82) is 0 Å². The summed E-state index contributed by atoms with van der Waals surface area (Å²) in [5, 5.41) is 0. The average molecular weight is 150 g/mol. The SMILES string of the molecule is C#Cc1ccc(C#C)c(C#C)c1. The summed E-state index contributed by atoms with van der Waals surface area (Å²) >= 11 is 0. The van der Waals surface area contributed by atoms with Crippen molar-refractivity contribution >= 4 is 0 Å². The largest absolute Gasteiger partial charge is 0.115 e. The molecule has 0 aliphatic heterocycles. The molecule has 0 aliphatic rings. The zero-order valence-electron chi connectivity index (χ0n) is 6.46. The second kappa shape index (κ2) is 3.34. The molecular weight excluding hydrogens is 144 g/mol. The lowest BCUT2D eigenvalue weighted by Gasteiger charge is -1.96. The minimum Gasteiger partial charge on any atom is -0.115 e. The maximum absolute atomic E-state index is 5.24. The van der Waals surface area contributed by atoms with Crippen LogP contribution in [-0.2, 0) is 0 Å². The van der Waals surface area contributed by atoms with E-state index in [-0.39, 0.29) is 0 Å². The lowest BCUT2D eigenvalue weighted by molar-refractivity contribution is 1.56. The monoisotopic (exact) mass is 150 g/mol. The minimum atomic E-state index is 0.674. The van der Waals surface area contributed by atoms with E-state index < -0.39 is 0 Å². The zero-order chi connectivity index (χ0) is 8.97. The van der Waals surface area contributed by atoms with Crippen molar-refractivity contribution < 1.29 is 0 Å². The molecular formula is C12H6. The Morgan fingerprint density at radius 1 is 0.833 bits per heavy atom. The highest BCUT2D eigenvalue weighted by atomic mass is 14.0. The molecule has 0 aromatic heterocycles. The smallest absolute Gasteiger partial charge is 0.0411 e. The fourth-order valence-corrected chi connectivity index (χ4v) is 0.879. The molecule has 0 saturated carbocycles. The molecule has 0 heterocycles. The van der Waals surface area contributed by atoms with E-state index >= 15 is 0 Å². The predicted octanol–water partition coefficient (Wildman–Crippen LogP) is 1.63. The van der Waals surface area contributed by atoms with Gasteiger partial charge in [-0.1, -0.05) is 17.8 Å². The van der Waals surface area contributed by atoms with E-state index in [1.54, 1.807) is 18.2 Å². The highest BCUT2D eigenvalue weighted by molar-refractivity contribution is 5.52. The van der Waals surface area contributed by atoms with Crippen LogP contribution in [0.1, 0.15) is 16.7 Å². The summed E-state index contributed by atoms with van der Waals surface area (Å²) in [7, 11) is 0. The van der Waals surface area contributed by atoms with Crippen molar-refractivity contribution in [3.05, 3.63) is 34.9 Å². The molecule has 0 unspecified atom stereocenters. The first kappa shape index (κ1) is 8.00. The normalized spacial score (nSPS) is 7.75. The predicted molar refractivity (Wildman–Crippen MR) is 50.2 cm³/mol. The van der Waals surface area contributed by atoms with Crippen molar-refractivity contribution in [1.82, 2.24) is 0 Å². The Bertz CT molecular complexity index is 417. The van der Waals surface area contributed by atoms with Gasteiger partial charge < -0.3 is 0 Å². The van der Waals surface area contributed by atoms with Crippen molar-refractivity contribution in [2.45, 2.75) is 0 Å². The van der Waals surface area contributed by atoms with Gasteiger partial charge in [0.2, 0.25) is 0 Å². The van der Waals surface area contributed by atoms with Crippen LogP contribution in [0.4, 0.5) is 0 Å². The summed E-state index contributed by atoms with van der Waals surface area (Å²) in [6, 6.07) is 5.26. The van der Waals surface area contributed by atoms with Crippen molar-refractivity contribution in [2.75, 3.05) is 0 Å². The Morgan fingerprint density at radius 2 is 1.50 bits per heavy atom. The van der Waals surface area contributed by atoms with Gasteiger partial charge in [-0.05, 0) is 18.2 Å². The van der Waals surface area contributed by atoms with Crippen LogP contribution >= 0.6 is 0 Å². The molecule has 1 aromatic rings. The number of rotatable bonds is 0. The van der Waals surface area contributed by atoms with Gasteiger partial charge in [0.1, 0.15) is 0 Å². The third kappa shape index (κ3) is 1.32. The molecule has 0 saturated heterocycles. The van der Waals surface area contributed by atoms with Crippen LogP contribution in [0.3, 0.4) is 0 Å². The fourth-order valence-electron chi connectivity index (χ4n) is 0.879. The lowest BCUT2D eigenvalue weighted by atomic mass is 10.1. The molecule has 0 aliphatic carbocycles. The van der Waals surface area contributed by atoms with Crippen molar-refractivity contribution in [3.63, 3.8) is 0 Å². The second-order valence-electron chi connectivity index (χ2n) is 2.19. The van der Waals surface area contributed by atoms with E-state index in [0.29, 0.717) is 11.1 Å². The Hall–Kier alpha value is -2.10. The van der Waals surface area contributed by atoms with Crippen LogP contribution in [0.5, 0.6) is 0 Å². The highest BCUT2D eigenvalue weighted by Crippen LogP contribution is 2.08. The molecule has 12 heavy (non-hydrogen) atoms. The molecule has 0 radical (unpaired) electrons. The maximum atomic E-state index is 5.24. The quantitative estimate of drug-likeness (QED) is 0.493. The lowest BCUT2D eigenvalue weighted by Crippen LogP contribution is -1.84. The maximum Gasteiger partial charge on any atom is 0.0411 e. The van der Waals surface area contributed by atoms with Crippen LogP contribution in [-0.4, -0.2) is 0 Å². The van der Waals surface area contributed by atoms with Crippen LogP contribution in [0, 0.1) is 37.0 Å². The van der Waals surface area contributed by atoms with Gasteiger partial charge >= 0.3 is 0 Å². The molecule has 1 rings (SSSR count). The third-order valence-electron chi connectivity index (χ3n) is 1.50. The van der Waals surface area contributed by atoms with Gasteiger partial charge in [0, 0.05) is 16.7 Å². The highest BCUT2D eigenvalue weighted by Gasteiger charge is 1.96. The first-order valence-electron chi connectivity index (χ1n) is 3.35. The molecule has 54 valence electrons. The first-order valence-corrected chi connectivity index (χ1v) is 3.35. The number of hydrogen-bond acceptors (Lipinski definition) is 0. The van der Waals surface area contributed by atoms with E-state index in [0.717, 1.165) is 5.56 Å². The summed E-state index contributed by atoms with van der Waals surface area (Å²) in [5.74, 6) is 7.46. The van der Waals surface area contributed by atoms with E-state index in [2.05, 4.69) is 17.8 Å². The summed E-state index contributed by atoms with van der Waals surface area (Å²) in [6.45, 7) is 0. The molecule has 0 bridgehead atoms. The zero-order valence-corrected chi connectivity index (χ0v) is 6.46. The summed E-state index contributed by atoms with van der Waals surface area (Å²) < 4.78 is 0. The molecule has 0 atom stereocenters. The molecule has 0 amide bonds. The number of benzene rings is 1. The molecule has 0 fully saturated rings. The average Bonchev–Trinajstić information content (AvgIpc) is 2.16. The summed E-state index contributed by atoms with van der Waals surface area (Å²) in [5.41, 5.74) is 2.13. The molecule has 0 spiro atoms. The van der Waals surface area contributed by atoms with Crippen molar-refractivity contribution in [2.24, 2.45) is 0 Å². The molecule has 1 aromatic carbocycles. The second-order valence-corrected chi connectivity index (χ2v) is 2.19. The molecule has 0 nitrogen and oxygen atoms in total. The minimum absolute atomic E-state index is 0.674. The van der Waals surface area contributed by atoms with E-state index in [1.807, 2.05) is 0 Å². The number of hydrogen-bond donors (Lipinski definition) is 0. The van der Waals surface area contributed by atoms with Gasteiger partial charge in [-0.15, -0.1) is 19.3 Å². The Morgan fingerprint density at radius 3 is 2.00 bits per heavy atom. The Kier molecular flexibility index (Phi) is 2.23. The van der Waals surface area contributed by atoms with Crippen LogP contribution in [0.2, 0.25) is 0 Å². The third-order valence-corrected chi connectivity index (χ3v) is 1.50. The van der Waals surface area contributed by atoms with E-state index in [1.165, 1.54) is 0 Å². The Labute approximate surface area is 72.6 Å². The van der Waals surface area contributed by atoms with Crippen molar-refractivity contribution in [3.8, 4) is 37.0 Å². The van der Waals surface area contributed by atoms with E-state index in [4.69, 9.17) is 19.3 Å². The summed E-state index contributed by atoms with van der Waals surface area (Å²) in [4.78, 5) is 0. The van der Waals surface area contributed by atoms with Gasteiger partial charge in [-0.2, -0.15) is 0 Å². The van der Waals surface area contributed by atoms with E-state index in [9.17, 15) is 0 Å². The standard InChI is InChI=1S/C12H6/c1-4-10-7-8-11(5-2)12(6-3)9-10/h1-3,7-9H. The van der Waals surface area contributed by atoms with Gasteiger partial charge in [0.15, 0.2) is 0 Å². The van der Waals surface area contributed by atoms with Gasteiger partial charge in [0.25, 0.3) is 0 Å².